The van der Waals surface area contributed by atoms with Crippen LogP contribution in [0.25, 0.3) is 11.1 Å². The molecule has 1 heterocycles. The quantitative estimate of drug-likeness (QED) is 0.193. The third kappa shape index (κ3) is 10.8. The number of ether oxygens (including phenoxy) is 2. The molecule has 0 radical (unpaired) electrons. The highest BCUT2D eigenvalue weighted by molar-refractivity contribution is 6.08. The first-order valence-electron chi connectivity index (χ1n) is 15.5. The SMILES string of the molecule is CC(C)(C)OC(=O)Nc1cccc(CCN(C(=O)OC(C)(C)C)c2ccc(NC(=O)c3ccccc3-c3ccc(C(F)(F)F)cc3)cc2)n1. The molecule has 4 aromatic rings. The van der Waals surface area contributed by atoms with E-state index in [1.165, 1.54) is 17.0 Å². The van der Waals surface area contributed by atoms with E-state index in [9.17, 15) is 27.6 Å². The molecule has 0 bridgehead atoms. The number of nitrogens with one attached hydrogen (secondary N) is 2. The van der Waals surface area contributed by atoms with Gasteiger partial charge in [0.2, 0.25) is 0 Å². The van der Waals surface area contributed by atoms with Crippen LogP contribution >= 0.6 is 0 Å². The summed E-state index contributed by atoms with van der Waals surface area (Å²) < 4.78 is 50.2. The molecule has 12 heteroatoms. The molecule has 0 aliphatic carbocycles. The zero-order valence-corrected chi connectivity index (χ0v) is 28.1. The molecule has 2 N–H and O–H groups in total. The van der Waals surface area contributed by atoms with E-state index in [2.05, 4.69) is 15.6 Å². The second kappa shape index (κ2) is 14.8. The van der Waals surface area contributed by atoms with Gasteiger partial charge in [-0.2, -0.15) is 13.2 Å². The summed E-state index contributed by atoms with van der Waals surface area (Å²) in [4.78, 5) is 44.8. The van der Waals surface area contributed by atoms with Gasteiger partial charge in [-0.25, -0.2) is 14.6 Å². The molecule has 0 aliphatic heterocycles. The molecular weight excluding hydrogens is 637 g/mol. The number of carbonyl (C=O) groups is 3. The maximum atomic E-state index is 13.3. The van der Waals surface area contributed by atoms with E-state index < -0.39 is 41.0 Å². The summed E-state index contributed by atoms with van der Waals surface area (Å²) >= 11 is 0. The molecule has 0 saturated carbocycles. The van der Waals surface area contributed by atoms with Crippen molar-refractivity contribution in [2.75, 3.05) is 22.1 Å². The molecule has 9 nitrogen and oxygen atoms in total. The fourth-order valence-electron chi connectivity index (χ4n) is 4.66. The first kappa shape index (κ1) is 36.4. The number of alkyl halides is 3. The zero-order chi connectivity index (χ0) is 36.0. The number of amides is 3. The first-order valence-corrected chi connectivity index (χ1v) is 15.5. The first-order chi connectivity index (χ1) is 22.9. The van der Waals surface area contributed by atoms with Crippen molar-refractivity contribution in [1.82, 2.24) is 4.98 Å². The number of pyridine rings is 1. The fraction of sp³-hybridized carbons (Fsp3) is 0.297. The predicted molar refractivity (Wildman–Crippen MR) is 183 cm³/mol. The van der Waals surface area contributed by atoms with E-state index in [1.807, 2.05) is 0 Å². The summed E-state index contributed by atoms with van der Waals surface area (Å²) in [5, 5.41) is 5.44. The molecule has 4 rings (SSSR count). The van der Waals surface area contributed by atoms with E-state index in [0.717, 1.165) is 12.1 Å². The highest BCUT2D eigenvalue weighted by Crippen LogP contribution is 2.32. The Bertz CT molecular complexity index is 1780. The van der Waals surface area contributed by atoms with Gasteiger partial charge in [0.1, 0.15) is 17.0 Å². The number of rotatable bonds is 8. The minimum atomic E-state index is -4.47. The zero-order valence-electron chi connectivity index (χ0n) is 28.1. The number of carbonyl (C=O) groups excluding carboxylic acids is 3. The average molecular weight is 677 g/mol. The summed E-state index contributed by atoms with van der Waals surface area (Å²) in [6.07, 6.45) is -5.37. The van der Waals surface area contributed by atoms with Gasteiger partial charge in [0.15, 0.2) is 0 Å². The van der Waals surface area contributed by atoms with Crippen molar-refractivity contribution in [3.63, 3.8) is 0 Å². The van der Waals surface area contributed by atoms with Gasteiger partial charge in [-0.05, 0) is 107 Å². The molecular formula is C37H39F3N4O5. The van der Waals surface area contributed by atoms with Crippen molar-refractivity contribution >= 4 is 35.3 Å². The van der Waals surface area contributed by atoms with Crippen molar-refractivity contribution in [3.8, 4) is 11.1 Å². The fourth-order valence-corrected chi connectivity index (χ4v) is 4.66. The highest BCUT2D eigenvalue weighted by atomic mass is 19.4. The molecule has 0 fully saturated rings. The molecule has 3 aromatic carbocycles. The normalized spacial score (nSPS) is 11.8. The monoisotopic (exact) mass is 676 g/mol. The lowest BCUT2D eigenvalue weighted by Gasteiger charge is -2.27. The van der Waals surface area contributed by atoms with Gasteiger partial charge in [0, 0.05) is 35.6 Å². The molecule has 3 amide bonds. The number of halogens is 3. The Morgan fingerprint density at radius 1 is 0.735 bits per heavy atom. The number of aromatic nitrogens is 1. The van der Waals surface area contributed by atoms with Crippen molar-refractivity contribution < 1.29 is 37.0 Å². The lowest BCUT2D eigenvalue weighted by atomic mass is 9.98. The highest BCUT2D eigenvalue weighted by Gasteiger charge is 2.30. The maximum Gasteiger partial charge on any atom is 0.416 e. The van der Waals surface area contributed by atoms with Crippen LogP contribution in [0.15, 0.2) is 91.0 Å². The second-order valence-electron chi connectivity index (χ2n) is 13.1. The van der Waals surface area contributed by atoms with Crippen LogP contribution in [-0.2, 0) is 22.1 Å². The van der Waals surface area contributed by atoms with Gasteiger partial charge < -0.3 is 14.8 Å². The summed E-state index contributed by atoms with van der Waals surface area (Å²) in [5.74, 6) is -0.159. The Morgan fingerprint density at radius 2 is 1.37 bits per heavy atom. The molecule has 258 valence electrons. The number of hydrogen-bond acceptors (Lipinski definition) is 6. The summed E-state index contributed by atoms with van der Waals surface area (Å²) in [7, 11) is 0. The molecule has 0 aliphatic rings. The Labute approximate surface area is 283 Å². The van der Waals surface area contributed by atoms with Gasteiger partial charge in [-0.15, -0.1) is 0 Å². The van der Waals surface area contributed by atoms with E-state index in [4.69, 9.17) is 9.47 Å². The van der Waals surface area contributed by atoms with Crippen LogP contribution in [0.4, 0.5) is 40.0 Å². The van der Waals surface area contributed by atoms with Crippen LogP contribution in [0, 0.1) is 0 Å². The van der Waals surface area contributed by atoms with Crippen LogP contribution in [0.1, 0.15) is 63.2 Å². The summed E-state index contributed by atoms with van der Waals surface area (Å²) in [6.45, 7) is 10.7. The smallest absolute Gasteiger partial charge is 0.416 e. The van der Waals surface area contributed by atoms with E-state index in [0.29, 0.717) is 40.4 Å². The van der Waals surface area contributed by atoms with E-state index >= 15 is 0 Å². The van der Waals surface area contributed by atoms with Gasteiger partial charge in [-0.3, -0.25) is 15.0 Å². The summed E-state index contributed by atoms with van der Waals surface area (Å²) in [6, 6.07) is 23.0. The van der Waals surface area contributed by atoms with Crippen LogP contribution in [-0.4, -0.2) is 40.8 Å². The van der Waals surface area contributed by atoms with Crippen molar-refractivity contribution in [1.29, 1.82) is 0 Å². The van der Waals surface area contributed by atoms with Gasteiger partial charge >= 0.3 is 18.4 Å². The molecule has 0 saturated heterocycles. The lowest BCUT2D eigenvalue weighted by Crippen LogP contribution is -2.38. The van der Waals surface area contributed by atoms with Gasteiger partial charge in [0.05, 0.1) is 5.56 Å². The van der Waals surface area contributed by atoms with Gasteiger partial charge in [0.25, 0.3) is 5.91 Å². The number of hydrogen-bond donors (Lipinski definition) is 2. The van der Waals surface area contributed by atoms with Gasteiger partial charge in [-0.1, -0.05) is 36.4 Å². The molecule has 0 atom stereocenters. The molecule has 1 aromatic heterocycles. The average Bonchev–Trinajstić information content (AvgIpc) is 3.00. The third-order valence-corrected chi connectivity index (χ3v) is 6.77. The standard InChI is InChI=1S/C37H39F3N4O5/c1-35(2,3)48-33(46)43-31-13-9-10-26(41-31)22-23-44(34(47)49-36(4,5)6)28-20-18-27(19-21-28)42-32(45)30-12-8-7-11-29(30)24-14-16-25(17-15-24)37(38,39)40/h7-21H,22-23H2,1-6H3,(H,42,45)(H,41,43,46). The van der Waals surface area contributed by atoms with Crippen molar-refractivity contribution in [2.24, 2.45) is 0 Å². The second-order valence-corrected chi connectivity index (χ2v) is 13.1. The van der Waals surface area contributed by atoms with Crippen molar-refractivity contribution in [3.05, 3.63) is 108 Å². The number of nitrogens with zero attached hydrogens (tertiary/aromatic N) is 2. The lowest BCUT2D eigenvalue weighted by molar-refractivity contribution is -0.137. The Balaban J connectivity index is 1.50. The topological polar surface area (TPSA) is 110 Å². The maximum absolute atomic E-state index is 13.3. The van der Waals surface area contributed by atoms with Crippen LogP contribution in [0.3, 0.4) is 0 Å². The Hall–Kier alpha value is -5.39. The van der Waals surface area contributed by atoms with Crippen molar-refractivity contribution in [2.45, 2.75) is 65.3 Å². The molecule has 49 heavy (non-hydrogen) atoms. The Morgan fingerprint density at radius 3 is 1.98 bits per heavy atom. The number of anilines is 3. The van der Waals surface area contributed by atoms with Crippen LogP contribution in [0.2, 0.25) is 0 Å². The third-order valence-electron chi connectivity index (χ3n) is 6.77. The van der Waals surface area contributed by atoms with Crippen LogP contribution < -0.4 is 15.5 Å². The molecule has 0 spiro atoms. The Kier molecular flexibility index (Phi) is 11.0. The predicted octanol–water partition coefficient (Wildman–Crippen LogP) is 9.35. The van der Waals surface area contributed by atoms with E-state index in [1.54, 1.807) is 108 Å². The molecule has 0 unspecified atom stereocenters. The minimum Gasteiger partial charge on any atom is -0.444 e. The number of benzene rings is 3. The minimum absolute atomic E-state index is 0.185. The largest absolute Gasteiger partial charge is 0.444 e. The summed E-state index contributed by atoms with van der Waals surface area (Å²) in [5.41, 5.74) is 0.535. The van der Waals surface area contributed by atoms with E-state index in [-0.39, 0.29) is 12.1 Å². The van der Waals surface area contributed by atoms with Crippen LogP contribution in [0.5, 0.6) is 0 Å².